The molecule has 0 fully saturated rings. The molecule has 3 nitrogen and oxygen atoms in total. The summed E-state index contributed by atoms with van der Waals surface area (Å²) in [6, 6.07) is 12.8. The molecular formula is C18H21N3. The van der Waals surface area contributed by atoms with Gasteiger partial charge in [-0.15, -0.1) is 0 Å². The fourth-order valence-corrected chi connectivity index (χ4v) is 2.68. The smallest absolute Gasteiger partial charge is 0.0651 e. The van der Waals surface area contributed by atoms with Crippen LogP contribution in [0.2, 0.25) is 0 Å². The van der Waals surface area contributed by atoms with Crippen LogP contribution >= 0.6 is 0 Å². The van der Waals surface area contributed by atoms with E-state index in [9.17, 15) is 0 Å². The molecule has 0 saturated carbocycles. The van der Waals surface area contributed by atoms with Crippen molar-refractivity contribution >= 4 is 10.9 Å². The zero-order valence-electron chi connectivity index (χ0n) is 12.6. The molecule has 0 amide bonds. The normalized spacial score (nSPS) is 11.1. The predicted octanol–water partition coefficient (Wildman–Crippen LogP) is 3.50. The number of rotatable bonds is 5. The van der Waals surface area contributed by atoms with Crippen molar-refractivity contribution in [3.8, 4) is 0 Å². The molecule has 0 aliphatic carbocycles. The molecule has 3 rings (SSSR count). The summed E-state index contributed by atoms with van der Waals surface area (Å²) in [7, 11) is 0. The van der Waals surface area contributed by atoms with Crippen molar-refractivity contribution in [3.63, 3.8) is 0 Å². The van der Waals surface area contributed by atoms with Crippen molar-refractivity contribution in [2.75, 3.05) is 6.54 Å². The van der Waals surface area contributed by atoms with E-state index in [2.05, 4.69) is 65.2 Å². The first kappa shape index (κ1) is 13.8. The Morgan fingerprint density at radius 1 is 1.14 bits per heavy atom. The van der Waals surface area contributed by atoms with Crippen molar-refractivity contribution in [1.82, 2.24) is 14.9 Å². The molecule has 0 unspecified atom stereocenters. The summed E-state index contributed by atoms with van der Waals surface area (Å²) >= 11 is 0. The first-order valence-electron chi connectivity index (χ1n) is 7.47. The summed E-state index contributed by atoms with van der Waals surface area (Å²) < 4.78 is 2.28. The van der Waals surface area contributed by atoms with Crippen LogP contribution in [0.3, 0.4) is 0 Å². The zero-order chi connectivity index (χ0) is 14.7. The highest BCUT2D eigenvalue weighted by atomic mass is 15.0. The van der Waals surface area contributed by atoms with E-state index in [-0.39, 0.29) is 0 Å². The third-order valence-electron chi connectivity index (χ3n) is 3.91. The van der Waals surface area contributed by atoms with Gasteiger partial charge >= 0.3 is 0 Å². The maximum Gasteiger partial charge on any atom is 0.0651 e. The van der Waals surface area contributed by atoms with Crippen LogP contribution in [0.15, 0.2) is 48.8 Å². The average Bonchev–Trinajstić information content (AvgIpc) is 2.91. The Hall–Kier alpha value is -2.13. The SMILES string of the molecule is CCNCc1cccc2c1ccn2Cc1ncccc1C. The summed E-state index contributed by atoms with van der Waals surface area (Å²) in [5.41, 5.74) is 5.00. The predicted molar refractivity (Wildman–Crippen MR) is 87.4 cm³/mol. The number of benzene rings is 1. The van der Waals surface area contributed by atoms with Crippen LogP contribution in [0.4, 0.5) is 0 Å². The van der Waals surface area contributed by atoms with Gasteiger partial charge in [0.05, 0.1) is 12.2 Å². The molecule has 1 N–H and O–H groups in total. The van der Waals surface area contributed by atoms with Gasteiger partial charge in [0.15, 0.2) is 0 Å². The molecule has 0 spiro atoms. The summed E-state index contributed by atoms with van der Waals surface area (Å²) in [6.45, 7) is 6.98. The highest BCUT2D eigenvalue weighted by molar-refractivity contribution is 5.83. The molecule has 1 aromatic carbocycles. The largest absolute Gasteiger partial charge is 0.341 e. The van der Waals surface area contributed by atoms with Gasteiger partial charge in [-0.25, -0.2) is 0 Å². The lowest BCUT2D eigenvalue weighted by Gasteiger charge is -2.09. The molecule has 108 valence electrons. The Labute approximate surface area is 125 Å². The van der Waals surface area contributed by atoms with Gasteiger partial charge in [0, 0.05) is 29.8 Å². The van der Waals surface area contributed by atoms with E-state index < -0.39 is 0 Å². The molecule has 3 aromatic rings. The zero-order valence-corrected chi connectivity index (χ0v) is 12.6. The maximum absolute atomic E-state index is 4.50. The van der Waals surface area contributed by atoms with Crippen molar-refractivity contribution in [1.29, 1.82) is 0 Å². The van der Waals surface area contributed by atoms with Gasteiger partial charge in [-0.2, -0.15) is 0 Å². The highest BCUT2D eigenvalue weighted by Crippen LogP contribution is 2.21. The molecule has 2 heterocycles. The fourth-order valence-electron chi connectivity index (χ4n) is 2.68. The molecular weight excluding hydrogens is 258 g/mol. The van der Waals surface area contributed by atoms with Crippen LogP contribution in [-0.2, 0) is 13.1 Å². The monoisotopic (exact) mass is 279 g/mol. The van der Waals surface area contributed by atoms with Gasteiger partial charge < -0.3 is 9.88 Å². The van der Waals surface area contributed by atoms with E-state index in [1.807, 2.05) is 12.3 Å². The van der Waals surface area contributed by atoms with E-state index in [4.69, 9.17) is 0 Å². The Bertz CT molecular complexity index is 743. The van der Waals surface area contributed by atoms with Crippen molar-refractivity contribution < 1.29 is 0 Å². The molecule has 0 atom stereocenters. The highest BCUT2D eigenvalue weighted by Gasteiger charge is 2.07. The maximum atomic E-state index is 4.50. The van der Waals surface area contributed by atoms with Crippen molar-refractivity contribution in [2.24, 2.45) is 0 Å². The van der Waals surface area contributed by atoms with E-state index in [1.54, 1.807) is 0 Å². The molecule has 0 aliphatic rings. The van der Waals surface area contributed by atoms with Gasteiger partial charge in [-0.05, 0) is 42.8 Å². The number of hydrogen-bond acceptors (Lipinski definition) is 2. The Kier molecular flexibility index (Phi) is 4.02. The van der Waals surface area contributed by atoms with E-state index in [0.717, 1.165) is 25.3 Å². The lowest BCUT2D eigenvalue weighted by atomic mass is 10.1. The van der Waals surface area contributed by atoms with Crippen molar-refractivity contribution in [3.05, 3.63) is 65.6 Å². The number of hydrogen-bond donors (Lipinski definition) is 1. The minimum absolute atomic E-state index is 0.820. The average molecular weight is 279 g/mol. The first-order valence-corrected chi connectivity index (χ1v) is 7.47. The second-order valence-electron chi connectivity index (χ2n) is 5.34. The minimum Gasteiger partial charge on any atom is -0.341 e. The number of nitrogens with zero attached hydrogens (tertiary/aromatic N) is 2. The number of nitrogens with one attached hydrogen (secondary N) is 1. The third-order valence-corrected chi connectivity index (χ3v) is 3.91. The van der Waals surface area contributed by atoms with Gasteiger partial charge in [0.1, 0.15) is 0 Å². The lowest BCUT2D eigenvalue weighted by Crippen LogP contribution is -2.11. The summed E-state index contributed by atoms with van der Waals surface area (Å²) in [4.78, 5) is 4.50. The van der Waals surface area contributed by atoms with Gasteiger partial charge in [-0.3, -0.25) is 4.98 Å². The summed E-state index contributed by atoms with van der Waals surface area (Å²) in [5.74, 6) is 0. The third kappa shape index (κ3) is 2.83. The van der Waals surface area contributed by atoms with Crippen LogP contribution in [0.1, 0.15) is 23.7 Å². The number of aromatic nitrogens is 2. The van der Waals surface area contributed by atoms with Crippen LogP contribution < -0.4 is 5.32 Å². The second kappa shape index (κ2) is 6.10. The summed E-state index contributed by atoms with van der Waals surface area (Å²) in [5, 5.41) is 4.73. The Balaban J connectivity index is 1.95. The molecule has 0 radical (unpaired) electrons. The molecule has 2 aromatic heterocycles. The Morgan fingerprint density at radius 3 is 2.86 bits per heavy atom. The van der Waals surface area contributed by atoms with Crippen molar-refractivity contribution in [2.45, 2.75) is 26.9 Å². The standard InChI is InChI=1S/C18H21N3/c1-3-19-12-15-7-4-8-18-16(15)9-11-21(18)13-17-14(2)6-5-10-20-17/h4-11,19H,3,12-13H2,1-2H3. The molecule has 0 aliphatic heterocycles. The topological polar surface area (TPSA) is 29.9 Å². The second-order valence-corrected chi connectivity index (χ2v) is 5.34. The summed E-state index contributed by atoms with van der Waals surface area (Å²) in [6.07, 6.45) is 4.03. The van der Waals surface area contributed by atoms with Crippen LogP contribution in [0.5, 0.6) is 0 Å². The number of pyridine rings is 1. The quantitative estimate of drug-likeness (QED) is 0.774. The number of fused-ring (bicyclic) bond motifs is 1. The first-order chi connectivity index (χ1) is 10.3. The van der Waals surface area contributed by atoms with Crippen LogP contribution in [0.25, 0.3) is 10.9 Å². The number of aryl methyl sites for hydroxylation is 1. The Morgan fingerprint density at radius 2 is 2.05 bits per heavy atom. The van der Waals surface area contributed by atoms with Gasteiger partial charge in [0.25, 0.3) is 0 Å². The van der Waals surface area contributed by atoms with E-state index in [1.165, 1.54) is 22.0 Å². The van der Waals surface area contributed by atoms with Crippen LogP contribution in [-0.4, -0.2) is 16.1 Å². The molecule has 21 heavy (non-hydrogen) atoms. The van der Waals surface area contributed by atoms with Gasteiger partial charge in [0.2, 0.25) is 0 Å². The minimum atomic E-state index is 0.820. The molecule has 0 bridgehead atoms. The fraction of sp³-hybridized carbons (Fsp3) is 0.278. The van der Waals surface area contributed by atoms with E-state index in [0.29, 0.717) is 0 Å². The lowest BCUT2D eigenvalue weighted by molar-refractivity contribution is 0.730. The van der Waals surface area contributed by atoms with Crippen LogP contribution in [0, 0.1) is 6.92 Å². The molecule has 3 heteroatoms. The van der Waals surface area contributed by atoms with E-state index >= 15 is 0 Å². The van der Waals surface area contributed by atoms with Gasteiger partial charge in [-0.1, -0.05) is 25.1 Å². The molecule has 0 saturated heterocycles.